The van der Waals surface area contributed by atoms with Crippen molar-refractivity contribution in [2.75, 3.05) is 24.8 Å². The average molecular weight is 281 g/mol. The summed E-state index contributed by atoms with van der Waals surface area (Å²) in [6.07, 6.45) is 2.41. The van der Waals surface area contributed by atoms with E-state index in [9.17, 15) is 21.6 Å². The highest BCUT2D eigenvalue weighted by atomic mass is 32.2. The molecule has 0 unspecified atom stereocenters. The first-order valence-electron chi connectivity index (χ1n) is 5.13. The predicted molar refractivity (Wildman–Crippen MR) is 60.3 cm³/mol. The second kappa shape index (κ2) is 5.65. The van der Waals surface area contributed by atoms with Gasteiger partial charge in [0.25, 0.3) is 0 Å². The van der Waals surface area contributed by atoms with Crippen molar-refractivity contribution in [3.8, 4) is 0 Å². The van der Waals surface area contributed by atoms with Gasteiger partial charge in [-0.05, 0) is 20.8 Å². The van der Waals surface area contributed by atoms with Crippen LogP contribution in [0, 0.1) is 0 Å². The van der Waals surface area contributed by atoms with E-state index in [1.807, 2.05) is 20.8 Å². The van der Waals surface area contributed by atoms with Crippen LogP contribution >= 0.6 is 7.26 Å². The lowest BCUT2D eigenvalue weighted by molar-refractivity contribution is -0.483. The molecule has 98 valence electrons. The molecule has 0 bridgehead atoms. The second-order valence-electron chi connectivity index (χ2n) is 3.63. The zero-order valence-electron chi connectivity index (χ0n) is 9.71. The topological polar surface area (TPSA) is 50.8 Å². The maximum absolute atomic E-state index is 12.1. The lowest BCUT2D eigenvalue weighted by Gasteiger charge is -2.21. The molecule has 0 aromatic heterocycles. The molecule has 0 atom stereocenters. The van der Waals surface area contributed by atoms with Crippen LogP contribution in [0.4, 0.5) is 13.2 Å². The molecule has 0 fully saturated rings. The van der Waals surface area contributed by atoms with Crippen molar-refractivity contribution in [2.24, 2.45) is 0 Å². The highest BCUT2D eigenvalue weighted by molar-refractivity contribution is 7.86. The highest BCUT2D eigenvalue weighted by Gasteiger charge is 2.51. The molecule has 0 aromatic rings. The summed E-state index contributed by atoms with van der Waals surface area (Å²) in [4.78, 5) is 0. The van der Waals surface area contributed by atoms with Gasteiger partial charge in [-0.1, -0.05) is 0 Å². The van der Waals surface area contributed by atoms with Crippen LogP contribution in [0.2, 0.25) is 0 Å². The SMILES string of the molecule is CC[P+](CC)(CC)C[NH2+]S(=O)(=O)C(F)(F)F. The Labute approximate surface area is 95.2 Å². The molecule has 0 aliphatic rings. The van der Waals surface area contributed by atoms with Crippen molar-refractivity contribution in [1.29, 1.82) is 0 Å². The molecule has 0 saturated heterocycles. The van der Waals surface area contributed by atoms with Gasteiger partial charge in [0.1, 0.15) is 0 Å². The van der Waals surface area contributed by atoms with Crippen LogP contribution in [0.1, 0.15) is 20.8 Å². The van der Waals surface area contributed by atoms with E-state index in [0.717, 1.165) is 18.5 Å². The minimum Gasteiger partial charge on any atom is -0.202 e. The molecule has 0 aliphatic heterocycles. The minimum atomic E-state index is -5.15. The van der Waals surface area contributed by atoms with Crippen molar-refractivity contribution >= 4 is 17.3 Å². The number of nitrogens with two attached hydrogens (primary N) is 1. The van der Waals surface area contributed by atoms with E-state index in [0.29, 0.717) is 4.72 Å². The van der Waals surface area contributed by atoms with Gasteiger partial charge in [0, 0.05) is 0 Å². The van der Waals surface area contributed by atoms with Crippen molar-refractivity contribution < 1.29 is 26.3 Å². The summed E-state index contributed by atoms with van der Waals surface area (Å²) < 4.78 is 58.6. The highest BCUT2D eigenvalue weighted by Crippen LogP contribution is 2.55. The van der Waals surface area contributed by atoms with Crippen molar-refractivity contribution in [2.45, 2.75) is 26.3 Å². The van der Waals surface area contributed by atoms with Gasteiger partial charge in [-0.2, -0.15) is 21.6 Å². The standard InChI is InChI=1S/C8H18F3NO2PS/c1-4-15(5-2,6-3)7-12-16(13,14)8(9,10)11/h12H,4-7H2,1-3H3/q+1/p+1. The van der Waals surface area contributed by atoms with Crippen LogP contribution in [0.3, 0.4) is 0 Å². The van der Waals surface area contributed by atoms with E-state index < -0.39 is 22.8 Å². The van der Waals surface area contributed by atoms with Gasteiger partial charge in [-0.25, -0.2) is 4.72 Å². The Morgan fingerprint density at radius 3 is 1.69 bits per heavy atom. The number of sulfonamides is 1. The molecule has 0 aliphatic carbocycles. The Morgan fingerprint density at radius 1 is 1.06 bits per heavy atom. The summed E-state index contributed by atoms with van der Waals surface area (Å²) in [7, 11) is -6.60. The smallest absolute Gasteiger partial charge is 0.202 e. The monoisotopic (exact) mass is 281 g/mol. The largest absolute Gasteiger partial charge is 0.549 e. The number of hydrogen-bond acceptors (Lipinski definition) is 2. The first kappa shape index (κ1) is 16.1. The number of quaternary nitrogens is 1. The van der Waals surface area contributed by atoms with Crippen LogP contribution in [-0.2, 0) is 10.0 Å². The first-order chi connectivity index (χ1) is 7.14. The molecule has 0 amide bonds. The molecule has 2 N–H and O–H groups in total. The number of primary sulfonamides is 1. The molecule has 3 nitrogen and oxygen atoms in total. The molecule has 0 aromatic carbocycles. The Balaban J connectivity index is 4.68. The Bertz CT molecular complexity index is 303. The summed E-state index contributed by atoms with van der Waals surface area (Å²) in [6.45, 7) is 5.73. The Kier molecular flexibility index (Phi) is 5.69. The van der Waals surface area contributed by atoms with Gasteiger partial charge < -0.3 is 0 Å². The molecule has 0 rings (SSSR count). The molecule has 0 heterocycles. The average Bonchev–Trinajstić information content (AvgIpc) is 2.19. The van der Waals surface area contributed by atoms with E-state index in [-0.39, 0.29) is 6.29 Å². The first-order valence-corrected chi connectivity index (χ1v) is 9.21. The maximum atomic E-state index is 12.1. The molecule has 16 heavy (non-hydrogen) atoms. The Hall–Kier alpha value is 0.130. The fraction of sp³-hybridized carbons (Fsp3) is 1.00. The lowest BCUT2D eigenvalue weighted by Crippen LogP contribution is -2.90. The van der Waals surface area contributed by atoms with Crippen LogP contribution in [0.5, 0.6) is 0 Å². The summed E-state index contributed by atoms with van der Waals surface area (Å²) in [5, 5.41) is 0. The van der Waals surface area contributed by atoms with Gasteiger partial charge in [0.2, 0.25) is 0 Å². The summed E-state index contributed by atoms with van der Waals surface area (Å²) in [5.41, 5.74) is -5.15. The normalized spacial score (nSPS) is 14.1. The van der Waals surface area contributed by atoms with Crippen molar-refractivity contribution in [3.05, 3.63) is 0 Å². The van der Waals surface area contributed by atoms with Gasteiger partial charge in [0.15, 0.2) is 6.29 Å². The fourth-order valence-electron chi connectivity index (χ4n) is 1.41. The third kappa shape index (κ3) is 3.86. The molecule has 0 spiro atoms. The van der Waals surface area contributed by atoms with Gasteiger partial charge in [-0.15, -0.1) is 0 Å². The van der Waals surface area contributed by atoms with Gasteiger partial charge in [-0.3, -0.25) is 0 Å². The third-order valence-corrected chi connectivity index (χ3v) is 9.50. The lowest BCUT2D eigenvalue weighted by atomic mass is 10.9. The second-order valence-corrected chi connectivity index (χ2v) is 10.5. The van der Waals surface area contributed by atoms with Gasteiger partial charge >= 0.3 is 15.5 Å². The quantitative estimate of drug-likeness (QED) is 0.749. The van der Waals surface area contributed by atoms with E-state index in [1.165, 1.54) is 0 Å². The zero-order chi connectivity index (χ0) is 13.0. The third-order valence-electron chi connectivity index (χ3n) is 3.02. The van der Waals surface area contributed by atoms with Crippen LogP contribution in [0.15, 0.2) is 0 Å². The number of hydrogen-bond donors (Lipinski definition) is 1. The van der Waals surface area contributed by atoms with Crippen LogP contribution in [0.25, 0.3) is 0 Å². The fourth-order valence-corrected chi connectivity index (χ4v) is 5.76. The van der Waals surface area contributed by atoms with E-state index >= 15 is 0 Å². The van der Waals surface area contributed by atoms with Gasteiger partial charge in [0.05, 0.1) is 25.7 Å². The molecular weight excluding hydrogens is 262 g/mol. The molecule has 0 radical (unpaired) electrons. The molecular formula is C8H19F3NO2PS+2. The zero-order valence-corrected chi connectivity index (χ0v) is 11.4. The number of rotatable bonds is 6. The van der Waals surface area contributed by atoms with Crippen molar-refractivity contribution in [1.82, 2.24) is 0 Å². The maximum Gasteiger partial charge on any atom is 0.549 e. The van der Waals surface area contributed by atoms with Crippen LogP contribution < -0.4 is 4.72 Å². The van der Waals surface area contributed by atoms with E-state index in [1.54, 1.807) is 0 Å². The predicted octanol–water partition coefficient (Wildman–Crippen LogP) is 1.43. The minimum absolute atomic E-state index is 0.0678. The Morgan fingerprint density at radius 2 is 1.44 bits per heavy atom. The number of alkyl halides is 3. The van der Waals surface area contributed by atoms with Crippen LogP contribution in [-0.4, -0.2) is 38.7 Å². The molecule has 8 heteroatoms. The van der Waals surface area contributed by atoms with E-state index in [4.69, 9.17) is 0 Å². The number of halogens is 3. The summed E-state index contributed by atoms with van der Waals surface area (Å²) in [5.74, 6) is 0. The van der Waals surface area contributed by atoms with Crippen molar-refractivity contribution in [3.63, 3.8) is 0 Å². The summed E-state index contributed by atoms with van der Waals surface area (Å²) in [6, 6.07) is 0. The summed E-state index contributed by atoms with van der Waals surface area (Å²) >= 11 is 0. The molecule has 0 saturated carbocycles. The van der Waals surface area contributed by atoms with E-state index in [2.05, 4.69) is 0 Å².